The van der Waals surface area contributed by atoms with Gasteiger partial charge in [0, 0.05) is 25.0 Å². The third-order valence-electron chi connectivity index (χ3n) is 3.85. The number of hydrogen-bond acceptors (Lipinski definition) is 3. The van der Waals surface area contributed by atoms with Gasteiger partial charge in [-0.05, 0) is 31.0 Å². The summed E-state index contributed by atoms with van der Waals surface area (Å²) in [5.41, 5.74) is 0.214. The first kappa shape index (κ1) is 11.9. The van der Waals surface area contributed by atoms with Gasteiger partial charge < -0.3 is 14.6 Å². The summed E-state index contributed by atoms with van der Waals surface area (Å²) in [5.74, 6) is 0.272. The molecule has 3 rings (SSSR count). The Kier molecular flexibility index (Phi) is 2.99. The molecule has 1 N–H and O–H groups in total. The van der Waals surface area contributed by atoms with Crippen LogP contribution in [0, 0.1) is 5.82 Å². The highest BCUT2D eigenvalue weighted by Gasteiger charge is 2.40. The quantitative estimate of drug-likeness (QED) is 0.771. The van der Waals surface area contributed by atoms with Crippen molar-refractivity contribution in [3.63, 3.8) is 0 Å². The van der Waals surface area contributed by atoms with Gasteiger partial charge in [0.15, 0.2) is 0 Å². The van der Waals surface area contributed by atoms with Crippen LogP contribution in [0.2, 0.25) is 0 Å². The fraction of sp³-hybridized carbons (Fsp3) is 0.571. The zero-order chi connectivity index (χ0) is 12.6. The topological polar surface area (TPSA) is 38.7 Å². The van der Waals surface area contributed by atoms with Gasteiger partial charge in [0.25, 0.3) is 0 Å². The Morgan fingerprint density at radius 3 is 3.06 bits per heavy atom. The second-order valence-corrected chi connectivity index (χ2v) is 5.15. The van der Waals surface area contributed by atoms with Crippen LogP contribution in [0.3, 0.4) is 0 Å². The molecule has 98 valence electrons. The molecule has 2 heterocycles. The van der Waals surface area contributed by atoms with Crippen molar-refractivity contribution in [3.05, 3.63) is 29.6 Å². The highest BCUT2D eigenvalue weighted by Crippen LogP contribution is 2.44. The molecule has 3 nitrogen and oxygen atoms in total. The van der Waals surface area contributed by atoms with Crippen LogP contribution in [0.4, 0.5) is 4.39 Å². The lowest BCUT2D eigenvalue weighted by Crippen LogP contribution is -2.41. The van der Waals surface area contributed by atoms with Gasteiger partial charge in [0.05, 0.1) is 12.7 Å². The van der Waals surface area contributed by atoms with Crippen molar-refractivity contribution < 1.29 is 19.0 Å². The van der Waals surface area contributed by atoms with Crippen LogP contribution in [0.1, 0.15) is 37.4 Å². The van der Waals surface area contributed by atoms with Gasteiger partial charge in [0.2, 0.25) is 0 Å². The SMILES string of the molecule is OC1CC2(CCCOCC2)Oc2ccc(F)cc21. The Hall–Kier alpha value is -1.13. The molecule has 2 unspecified atom stereocenters. The monoisotopic (exact) mass is 252 g/mol. The molecule has 1 spiro atoms. The Morgan fingerprint density at radius 2 is 2.17 bits per heavy atom. The predicted octanol–water partition coefficient (Wildman–Crippen LogP) is 2.58. The molecule has 18 heavy (non-hydrogen) atoms. The van der Waals surface area contributed by atoms with Gasteiger partial charge in [-0.3, -0.25) is 0 Å². The van der Waals surface area contributed by atoms with Crippen LogP contribution in [0.5, 0.6) is 5.75 Å². The highest BCUT2D eigenvalue weighted by atomic mass is 19.1. The number of rotatable bonds is 0. The highest BCUT2D eigenvalue weighted by molar-refractivity contribution is 5.38. The van der Waals surface area contributed by atoms with Crippen LogP contribution < -0.4 is 4.74 Å². The van der Waals surface area contributed by atoms with Gasteiger partial charge >= 0.3 is 0 Å². The maximum absolute atomic E-state index is 13.2. The van der Waals surface area contributed by atoms with E-state index in [1.807, 2.05) is 0 Å². The smallest absolute Gasteiger partial charge is 0.126 e. The first-order valence-corrected chi connectivity index (χ1v) is 6.43. The average Bonchev–Trinajstić information content (AvgIpc) is 2.56. The first-order valence-electron chi connectivity index (χ1n) is 6.43. The normalized spacial score (nSPS) is 31.6. The van der Waals surface area contributed by atoms with Crippen molar-refractivity contribution in [1.82, 2.24) is 0 Å². The molecule has 2 atom stereocenters. The summed E-state index contributed by atoms with van der Waals surface area (Å²) in [6.45, 7) is 1.40. The van der Waals surface area contributed by atoms with E-state index in [0.29, 0.717) is 24.3 Å². The minimum absolute atomic E-state index is 0.337. The minimum Gasteiger partial charge on any atom is -0.487 e. The summed E-state index contributed by atoms with van der Waals surface area (Å²) >= 11 is 0. The van der Waals surface area contributed by atoms with E-state index in [-0.39, 0.29) is 11.4 Å². The number of hydrogen-bond donors (Lipinski definition) is 1. The molecule has 4 heteroatoms. The Balaban J connectivity index is 1.92. The zero-order valence-corrected chi connectivity index (χ0v) is 10.2. The maximum Gasteiger partial charge on any atom is 0.126 e. The molecular formula is C14H17FO3. The second kappa shape index (κ2) is 4.52. The largest absolute Gasteiger partial charge is 0.487 e. The average molecular weight is 252 g/mol. The van der Waals surface area contributed by atoms with Gasteiger partial charge in [-0.25, -0.2) is 4.39 Å². The van der Waals surface area contributed by atoms with Crippen molar-refractivity contribution in [3.8, 4) is 5.75 Å². The molecule has 0 bridgehead atoms. The van der Waals surface area contributed by atoms with Gasteiger partial charge in [-0.15, -0.1) is 0 Å². The lowest BCUT2D eigenvalue weighted by Gasteiger charge is -2.40. The van der Waals surface area contributed by atoms with E-state index in [9.17, 15) is 9.50 Å². The number of aliphatic hydroxyl groups excluding tert-OH is 1. The van der Waals surface area contributed by atoms with Crippen molar-refractivity contribution >= 4 is 0 Å². The minimum atomic E-state index is -0.650. The fourth-order valence-corrected chi connectivity index (χ4v) is 2.90. The summed E-state index contributed by atoms with van der Waals surface area (Å²) in [4.78, 5) is 0. The molecule has 2 aliphatic heterocycles. The first-order chi connectivity index (χ1) is 8.69. The molecule has 0 radical (unpaired) electrons. The predicted molar refractivity (Wildman–Crippen MR) is 64.0 cm³/mol. The standard InChI is InChI=1S/C14H17FO3/c15-10-2-3-13-11(8-10)12(16)9-14(18-13)4-1-6-17-7-5-14/h2-3,8,12,16H,1,4-7,9H2. The van der Waals surface area contributed by atoms with E-state index < -0.39 is 6.10 Å². The molecule has 0 aliphatic carbocycles. The van der Waals surface area contributed by atoms with Crippen molar-refractivity contribution in [2.24, 2.45) is 0 Å². The van der Waals surface area contributed by atoms with Crippen molar-refractivity contribution in [2.45, 2.75) is 37.4 Å². The summed E-state index contributed by atoms with van der Waals surface area (Å²) in [6.07, 6.45) is 2.46. The molecule has 0 aromatic heterocycles. The number of aliphatic hydroxyl groups is 1. The summed E-state index contributed by atoms with van der Waals surface area (Å²) in [7, 11) is 0. The van der Waals surface area contributed by atoms with Crippen molar-refractivity contribution in [2.75, 3.05) is 13.2 Å². The molecule has 1 fully saturated rings. The van der Waals surface area contributed by atoms with Crippen LogP contribution in [0.25, 0.3) is 0 Å². The molecule has 1 aromatic rings. The van der Waals surface area contributed by atoms with E-state index in [1.165, 1.54) is 12.1 Å². The number of halogens is 1. The van der Waals surface area contributed by atoms with E-state index in [4.69, 9.17) is 9.47 Å². The summed E-state index contributed by atoms with van der Waals surface area (Å²) in [6, 6.07) is 4.35. The van der Waals surface area contributed by atoms with E-state index in [1.54, 1.807) is 6.07 Å². The summed E-state index contributed by atoms with van der Waals surface area (Å²) < 4.78 is 24.7. The fourth-order valence-electron chi connectivity index (χ4n) is 2.90. The second-order valence-electron chi connectivity index (χ2n) is 5.15. The van der Waals surface area contributed by atoms with E-state index >= 15 is 0 Å². The van der Waals surface area contributed by atoms with Crippen molar-refractivity contribution in [1.29, 1.82) is 0 Å². The number of ether oxygens (including phenoxy) is 2. The molecular weight excluding hydrogens is 235 g/mol. The van der Waals surface area contributed by atoms with Gasteiger partial charge in [-0.2, -0.15) is 0 Å². The molecule has 0 amide bonds. The van der Waals surface area contributed by atoms with E-state index in [2.05, 4.69) is 0 Å². The Labute approximate surface area is 106 Å². The molecule has 1 saturated heterocycles. The van der Waals surface area contributed by atoms with Gasteiger partial charge in [-0.1, -0.05) is 0 Å². The van der Waals surface area contributed by atoms with Crippen LogP contribution in [0.15, 0.2) is 18.2 Å². The third-order valence-corrected chi connectivity index (χ3v) is 3.85. The van der Waals surface area contributed by atoms with Crippen LogP contribution in [-0.4, -0.2) is 23.9 Å². The Bertz CT molecular complexity index is 439. The number of fused-ring (bicyclic) bond motifs is 1. The summed E-state index contributed by atoms with van der Waals surface area (Å²) in [5, 5.41) is 10.2. The maximum atomic E-state index is 13.2. The van der Waals surface area contributed by atoms with Crippen LogP contribution in [-0.2, 0) is 4.74 Å². The number of benzene rings is 1. The molecule has 0 saturated carbocycles. The van der Waals surface area contributed by atoms with Crippen LogP contribution >= 0.6 is 0 Å². The lowest BCUT2D eigenvalue weighted by molar-refractivity contribution is -0.0273. The molecule has 2 aliphatic rings. The zero-order valence-electron chi connectivity index (χ0n) is 10.2. The third kappa shape index (κ3) is 2.10. The molecule has 1 aromatic carbocycles. The van der Waals surface area contributed by atoms with Gasteiger partial charge in [0.1, 0.15) is 17.2 Å². The van der Waals surface area contributed by atoms with E-state index in [0.717, 1.165) is 25.9 Å². The lowest BCUT2D eigenvalue weighted by atomic mass is 9.83. The Morgan fingerprint density at radius 1 is 1.28 bits per heavy atom.